The highest BCUT2D eigenvalue weighted by Gasteiger charge is 1.82. The van der Waals surface area contributed by atoms with E-state index in [0.29, 0.717) is 5.56 Å². The van der Waals surface area contributed by atoms with Gasteiger partial charge >= 0.3 is 0 Å². The summed E-state index contributed by atoms with van der Waals surface area (Å²) < 4.78 is 0. The molecule has 0 saturated carbocycles. The summed E-state index contributed by atoms with van der Waals surface area (Å²) >= 11 is 0. The van der Waals surface area contributed by atoms with Gasteiger partial charge in [0.1, 0.15) is 0 Å². The second kappa shape index (κ2) is 3.90. The number of hydrogen-bond donors (Lipinski definition) is 1. The molecule has 2 nitrogen and oxygen atoms in total. The molecule has 1 N–H and O–H groups in total. The van der Waals surface area contributed by atoms with Crippen LogP contribution < -0.4 is 5.11 Å². The van der Waals surface area contributed by atoms with Crippen LogP contribution in [-0.2, 0) is 0 Å². The number of benzene rings is 1. The van der Waals surface area contributed by atoms with Crippen LogP contribution in [0.1, 0.15) is 5.56 Å². The Morgan fingerprint density at radius 2 is 1.70 bits per heavy atom. The lowest BCUT2D eigenvalue weighted by Gasteiger charge is -2.04. The van der Waals surface area contributed by atoms with E-state index in [1.807, 2.05) is 6.07 Å². The van der Waals surface area contributed by atoms with Crippen LogP contribution in [0.5, 0.6) is 0 Å². The van der Waals surface area contributed by atoms with Crippen molar-refractivity contribution in [3.8, 4) is 0 Å². The Balaban J connectivity index is 0.000000810. The molecule has 3 heteroatoms. The summed E-state index contributed by atoms with van der Waals surface area (Å²) in [5.41, 5.74) is 0.442. The van der Waals surface area contributed by atoms with E-state index in [0.717, 1.165) is 0 Å². The van der Waals surface area contributed by atoms with Gasteiger partial charge in [-0.2, -0.15) is 0 Å². The van der Waals surface area contributed by atoms with Gasteiger partial charge in [-0.3, -0.25) is 0 Å². The summed E-state index contributed by atoms with van der Waals surface area (Å²) in [6.07, 6.45) is 0. The fourth-order valence-electron chi connectivity index (χ4n) is 0.590. The molecule has 0 aromatic heterocycles. The summed E-state index contributed by atoms with van der Waals surface area (Å²) in [7, 11) is 0. The third-order valence-electron chi connectivity index (χ3n) is 1.04. The van der Waals surface area contributed by atoms with E-state index in [1.54, 1.807) is 24.3 Å². The molecule has 0 atom stereocenters. The quantitative estimate of drug-likeness (QED) is 0.475. The Kier molecular flexibility index (Phi) is 3.51. The van der Waals surface area contributed by atoms with Crippen LogP contribution in [0.2, 0.25) is 0 Å². The molecule has 1 aromatic carbocycles. The first-order valence-electron chi connectivity index (χ1n) is 2.61. The normalized spacial score (nSPS) is 8.00. The molecule has 0 unspecified atom stereocenters. The number of hydrogen-bond acceptors (Lipinski definition) is 2. The SMILES string of the molecule is Cl.N=C([O-])c1ccccc1. The van der Waals surface area contributed by atoms with Gasteiger partial charge in [-0.25, -0.2) is 0 Å². The highest BCUT2D eigenvalue weighted by atomic mass is 35.5. The maximum Gasteiger partial charge on any atom is -0.0149 e. The summed E-state index contributed by atoms with van der Waals surface area (Å²) in [6, 6.07) is 8.53. The van der Waals surface area contributed by atoms with E-state index in [2.05, 4.69) is 0 Å². The highest BCUT2D eigenvalue weighted by molar-refractivity contribution is 5.87. The van der Waals surface area contributed by atoms with E-state index in [1.165, 1.54) is 0 Å². The van der Waals surface area contributed by atoms with E-state index >= 15 is 0 Å². The Labute approximate surface area is 65.4 Å². The lowest BCUT2D eigenvalue weighted by atomic mass is 10.2. The van der Waals surface area contributed by atoms with Crippen molar-refractivity contribution in [3.05, 3.63) is 35.9 Å². The molecule has 0 radical (unpaired) electrons. The van der Waals surface area contributed by atoms with Gasteiger partial charge in [0.25, 0.3) is 0 Å². The molecule has 0 fully saturated rings. The largest absolute Gasteiger partial charge is 0.859 e. The van der Waals surface area contributed by atoms with Crippen molar-refractivity contribution >= 4 is 18.3 Å². The van der Waals surface area contributed by atoms with Crippen molar-refractivity contribution in [1.82, 2.24) is 0 Å². The van der Waals surface area contributed by atoms with Gasteiger partial charge < -0.3 is 10.5 Å². The van der Waals surface area contributed by atoms with Crippen molar-refractivity contribution < 1.29 is 5.11 Å². The second-order valence-corrected chi connectivity index (χ2v) is 1.70. The molecule has 1 rings (SSSR count). The average Bonchev–Trinajstić information content (AvgIpc) is 1.90. The van der Waals surface area contributed by atoms with Crippen LogP contribution in [0.3, 0.4) is 0 Å². The van der Waals surface area contributed by atoms with E-state index in [-0.39, 0.29) is 12.4 Å². The maximum absolute atomic E-state index is 10.3. The molecular weight excluding hydrogens is 150 g/mol. The number of rotatable bonds is 1. The van der Waals surface area contributed by atoms with Gasteiger partial charge in [-0.05, 0) is 11.5 Å². The Morgan fingerprint density at radius 1 is 1.20 bits per heavy atom. The van der Waals surface area contributed by atoms with Crippen molar-refractivity contribution in [2.45, 2.75) is 0 Å². The van der Waals surface area contributed by atoms with Gasteiger partial charge in [0.2, 0.25) is 0 Å². The second-order valence-electron chi connectivity index (χ2n) is 1.70. The summed E-state index contributed by atoms with van der Waals surface area (Å²) in [5, 5.41) is 17.0. The Hall–Kier alpha value is -1.02. The standard InChI is InChI=1S/C7H7NO.ClH/c8-7(9)6-4-2-1-3-5-6;/h1-5H,(H2,8,9);1H/p-1. The van der Waals surface area contributed by atoms with Crippen molar-refractivity contribution in [2.75, 3.05) is 0 Å². The van der Waals surface area contributed by atoms with Crippen LogP contribution in [0.4, 0.5) is 0 Å². The highest BCUT2D eigenvalue weighted by Crippen LogP contribution is 1.94. The summed E-state index contributed by atoms with van der Waals surface area (Å²) in [6.45, 7) is 0. The van der Waals surface area contributed by atoms with Gasteiger partial charge in [0, 0.05) is 0 Å². The van der Waals surface area contributed by atoms with E-state index in [4.69, 9.17) is 5.41 Å². The molecule has 54 valence electrons. The third kappa shape index (κ3) is 2.07. The van der Waals surface area contributed by atoms with Crippen molar-refractivity contribution in [2.24, 2.45) is 0 Å². The molecule has 0 spiro atoms. The van der Waals surface area contributed by atoms with Gasteiger partial charge in [-0.15, -0.1) is 12.4 Å². The molecule has 0 aliphatic carbocycles. The number of nitrogens with one attached hydrogen (secondary N) is 1. The minimum absolute atomic E-state index is 0. The molecule has 0 aliphatic heterocycles. The first kappa shape index (κ1) is 8.98. The molecule has 0 amide bonds. The average molecular weight is 157 g/mol. The molecule has 10 heavy (non-hydrogen) atoms. The monoisotopic (exact) mass is 156 g/mol. The fraction of sp³-hybridized carbons (Fsp3) is 0. The van der Waals surface area contributed by atoms with Crippen LogP contribution in [0.15, 0.2) is 30.3 Å². The van der Waals surface area contributed by atoms with Gasteiger partial charge in [-0.1, -0.05) is 30.3 Å². The van der Waals surface area contributed by atoms with Gasteiger partial charge in [0.15, 0.2) is 0 Å². The molecule has 0 bridgehead atoms. The lowest BCUT2D eigenvalue weighted by molar-refractivity contribution is -0.214. The number of halogens is 1. The molecule has 0 saturated heterocycles. The molecule has 1 aromatic rings. The predicted octanol–water partition coefficient (Wildman–Crippen LogP) is 0.794. The Morgan fingerprint density at radius 3 is 2.00 bits per heavy atom. The molecular formula is C7H7ClNO-. The van der Waals surface area contributed by atoms with Crippen LogP contribution in [0, 0.1) is 5.41 Å². The van der Waals surface area contributed by atoms with Crippen LogP contribution in [0.25, 0.3) is 0 Å². The summed E-state index contributed by atoms with van der Waals surface area (Å²) in [4.78, 5) is 0. The van der Waals surface area contributed by atoms with Crippen LogP contribution >= 0.6 is 12.4 Å². The minimum atomic E-state index is -0.629. The summed E-state index contributed by atoms with van der Waals surface area (Å²) in [5.74, 6) is -0.629. The molecule has 0 aliphatic rings. The van der Waals surface area contributed by atoms with Crippen molar-refractivity contribution in [3.63, 3.8) is 0 Å². The topological polar surface area (TPSA) is 46.9 Å². The fourth-order valence-corrected chi connectivity index (χ4v) is 0.590. The van der Waals surface area contributed by atoms with E-state index < -0.39 is 5.90 Å². The molecule has 0 heterocycles. The maximum atomic E-state index is 10.3. The lowest BCUT2D eigenvalue weighted by Crippen LogP contribution is -2.16. The smallest absolute Gasteiger partial charge is 0.0149 e. The zero-order valence-electron chi connectivity index (χ0n) is 5.20. The van der Waals surface area contributed by atoms with E-state index in [9.17, 15) is 5.11 Å². The zero-order valence-corrected chi connectivity index (χ0v) is 6.02. The Bertz CT molecular complexity index is 210. The predicted molar refractivity (Wildman–Crippen MR) is 40.5 cm³/mol. The zero-order chi connectivity index (χ0) is 6.69. The first-order valence-corrected chi connectivity index (χ1v) is 2.61. The minimum Gasteiger partial charge on any atom is -0.859 e. The van der Waals surface area contributed by atoms with Crippen molar-refractivity contribution in [1.29, 1.82) is 5.41 Å². The van der Waals surface area contributed by atoms with Crippen LogP contribution in [-0.4, -0.2) is 5.90 Å². The van der Waals surface area contributed by atoms with Gasteiger partial charge in [0.05, 0.1) is 0 Å². The third-order valence-corrected chi connectivity index (χ3v) is 1.04. The first-order chi connectivity index (χ1) is 4.30.